The molecule has 1 N–H and O–H groups in total. The number of amides is 1. The van der Waals surface area contributed by atoms with Crippen molar-refractivity contribution < 1.29 is 19.1 Å². The van der Waals surface area contributed by atoms with Crippen molar-refractivity contribution in [3.05, 3.63) is 23.8 Å². The number of benzene rings is 1. The Morgan fingerprint density at radius 1 is 1.53 bits per heavy atom. The highest BCUT2D eigenvalue weighted by molar-refractivity contribution is 6.02. The molecule has 1 atom stereocenters. The lowest BCUT2D eigenvalue weighted by Crippen LogP contribution is -2.35. The van der Waals surface area contributed by atoms with Gasteiger partial charge in [0.25, 0.3) is 5.91 Å². The van der Waals surface area contributed by atoms with Crippen LogP contribution in [-0.4, -0.2) is 30.9 Å². The highest BCUT2D eigenvalue weighted by Gasteiger charge is 2.21. The predicted octanol–water partition coefficient (Wildman–Crippen LogP) is 1.56. The molecule has 5 nitrogen and oxygen atoms in total. The second-order valence-corrected chi connectivity index (χ2v) is 4.54. The molecule has 0 aromatic heterocycles. The second-order valence-electron chi connectivity index (χ2n) is 4.54. The normalized spacial score (nSPS) is 14.5. The second kappa shape index (κ2) is 5.73. The molecular weight excluding hydrogens is 246 g/mol. The summed E-state index contributed by atoms with van der Waals surface area (Å²) in [4.78, 5) is 22.9. The molecule has 1 amide bonds. The standard InChI is InChI=1S/C14H17NO4/c1-3-9(2)15-14(17)8-18-10-4-5-11-12(16)7-19-13(11)6-10/h4-6,9H,3,7-8H2,1-2H3,(H,15,17). The minimum atomic E-state index is -0.160. The SMILES string of the molecule is CCC(C)NC(=O)COc1ccc2c(c1)OCC2=O. The maximum atomic E-state index is 11.6. The zero-order valence-electron chi connectivity index (χ0n) is 11.1. The van der Waals surface area contributed by atoms with E-state index < -0.39 is 0 Å². The van der Waals surface area contributed by atoms with Crippen molar-refractivity contribution in [3.8, 4) is 11.5 Å². The number of hydrogen-bond acceptors (Lipinski definition) is 4. The minimum Gasteiger partial charge on any atom is -0.485 e. The molecule has 0 bridgehead atoms. The summed E-state index contributed by atoms with van der Waals surface area (Å²) in [6, 6.07) is 5.10. The summed E-state index contributed by atoms with van der Waals surface area (Å²) < 4.78 is 10.6. The van der Waals surface area contributed by atoms with Crippen LogP contribution in [-0.2, 0) is 4.79 Å². The molecular formula is C14H17NO4. The van der Waals surface area contributed by atoms with Gasteiger partial charge >= 0.3 is 0 Å². The number of hydrogen-bond donors (Lipinski definition) is 1. The van der Waals surface area contributed by atoms with Crippen LogP contribution in [0.5, 0.6) is 11.5 Å². The molecule has 0 radical (unpaired) electrons. The van der Waals surface area contributed by atoms with Gasteiger partial charge in [-0.15, -0.1) is 0 Å². The zero-order valence-corrected chi connectivity index (χ0v) is 11.1. The summed E-state index contributed by atoms with van der Waals surface area (Å²) in [5.41, 5.74) is 0.566. The van der Waals surface area contributed by atoms with Crippen molar-refractivity contribution in [3.63, 3.8) is 0 Å². The van der Waals surface area contributed by atoms with Crippen molar-refractivity contribution in [2.45, 2.75) is 26.3 Å². The third kappa shape index (κ3) is 3.24. The fourth-order valence-corrected chi connectivity index (χ4v) is 1.73. The Morgan fingerprint density at radius 3 is 3.05 bits per heavy atom. The van der Waals surface area contributed by atoms with E-state index in [1.54, 1.807) is 18.2 Å². The Hall–Kier alpha value is -2.04. The van der Waals surface area contributed by atoms with E-state index in [9.17, 15) is 9.59 Å². The molecule has 1 unspecified atom stereocenters. The number of carbonyl (C=O) groups excluding carboxylic acids is 2. The molecule has 0 aliphatic carbocycles. The zero-order chi connectivity index (χ0) is 13.8. The van der Waals surface area contributed by atoms with Gasteiger partial charge in [-0.05, 0) is 25.5 Å². The van der Waals surface area contributed by atoms with E-state index in [1.165, 1.54) is 0 Å². The smallest absolute Gasteiger partial charge is 0.258 e. The lowest BCUT2D eigenvalue weighted by Gasteiger charge is -2.12. The van der Waals surface area contributed by atoms with Crippen molar-refractivity contribution in [2.75, 3.05) is 13.2 Å². The van der Waals surface area contributed by atoms with E-state index in [-0.39, 0.29) is 30.9 Å². The van der Waals surface area contributed by atoms with Gasteiger partial charge in [0.1, 0.15) is 11.5 Å². The first kappa shape index (κ1) is 13.4. The average Bonchev–Trinajstić information content (AvgIpc) is 2.77. The van der Waals surface area contributed by atoms with Crippen LogP contribution < -0.4 is 14.8 Å². The van der Waals surface area contributed by atoms with Gasteiger partial charge in [0, 0.05) is 12.1 Å². The maximum Gasteiger partial charge on any atom is 0.258 e. The van der Waals surface area contributed by atoms with E-state index in [0.717, 1.165) is 6.42 Å². The van der Waals surface area contributed by atoms with E-state index in [0.29, 0.717) is 17.1 Å². The number of ketones is 1. The summed E-state index contributed by atoms with van der Waals surface area (Å²) in [6.07, 6.45) is 0.876. The Morgan fingerprint density at radius 2 is 2.32 bits per heavy atom. The Labute approximate surface area is 111 Å². The van der Waals surface area contributed by atoms with Gasteiger partial charge in [-0.3, -0.25) is 9.59 Å². The van der Waals surface area contributed by atoms with Gasteiger partial charge in [0.05, 0.1) is 5.56 Å². The Kier molecular flexibility index (Phi) is 4.04. The van der Waals surface area contributed by atoms with Crippen molar-refractivity contribution >= 4 is 11.7 Å². The molecule has 102 valence electrons. The third-order valence-corrected chi connectivity index (χ3v) is 3.00. The summed E-state index contributed by atoms with van der Waals surface area (Å²) in [5, 5.41) is 2.81. The van der Waals surface area contributed by atoms with Crippen molar-refractivity contribution in [1.82, 2.24) is 5.32 Å². The number of fused-ring (bicyclic) bond motifs is 1. The van der Waals surface area contributed by atoms with Gasteiger partial charge < -0.3 is 14.8 Å². The summed E-state index contributed by atoms with van der Waals surface area (Å²) in [6.45, 7) is 3.97. The lowest BCUT2D eigenvalue weighted by atomic mass is 10.1. The van der Waals surface area contributed by atoms with Crippen LogP contribution in [0.4, 0.5) is 0 Å². The highest BCUT2D eigenvalue weighted by Crippen LogP contribution is 2.29. The van der Waals surface area contributed by atoms with Gasteiger partial charge in [0.15, 0.2) is 13.2 Å². The number of Topliss-reactive ketones (excluding diaryl/α,β-unsaturated/α-hetero) is 1. The Balaban J connectivity index is 1.90. The number of nitrogens with one attached hydrogen (secondary N) is 1. The molecule has 1 aliphatic rings. The van der Waals surface area contributed by atoms with Gasteiger partial charge in [-0.25, -0.2) is 0 Å². The molecule has 0 fully saturated rings. The molecule has 0 saturated carbocycles. The lowest BCUT2D eigenvalue weighted by molar-refractivity contribution is -0.123. The molecule has 2 rings (SSSR count). The molecule has 1 aliphatic heterocycles. The van der Waals surface area contributed by atoms with E-state index >= 15 is 0 Å². The molecule has 1 heterocycles. The summed E-state index contributed by atoms with van der Waals surface area (Å²) in [5.74, 6) is 0.848. The van der Waals surface area contributed by atoms with Crippen LogP contribution >= 0.6 is 0 Å². The van der Waals surface area contributed by atoms with Gasteiger partial charge in [-0.2, -0.15) is 0 Å². The van der Waals surface area contributed by atoms with E-state index in [4.69, 9.17) is 9.47 Å². The molecule has 19 heavy (non-hydrogen) atoms. The first-order valence-electron chi connectivity index (χ1n) is 6.32. The average molecular weight is 263 g/mol. The van der Waals surface area contributed by atoms with Crippen LogP contribution in [0.15, 0.2) is 18.2 Å². The minimum absolute atomic E-state index is 0.0314. The monoisotopic (exact) mass is 263 g/mol. The van der Waals surface area contributed by atoms with Crippen LogP contribution in [0.1, 0.15) is 30.6 Å². The van der Waals surface area contributed by atoms with E-state index in [2.05, 4.69) is 5.32 Å². The quantitative estimate of drug-likeness (QED) is 0.875. The molecule has 5 heteroatoms. The fourth-order valence-electron chi connectivity index (χ4n) is 1.73. The van der Waals surface area contributed by atoms with E-state index in [1.807, 2.05) is 13.8 Å². The van der Waals surface area contributed by atoms with Gasteiger partial charge in [-0.1, -0.05) is 6.92 Å². The molecule has 1 aromatic rings. The largest absolute Gasteiger partial charge is 0.485 e. The maximum absolute atomic E-state index is 11.6. The topological polar surface area (TPSA) is 64.6 Å². The summed E-state index contributed by atoms with van der Waals surface area (Å²) in [7, 11) is 0. The first-order valence-corrected chi connectivity index (χ1v) is 6.32. The number of carbonyl (C=O) groups is 2. The molecule has 1 aromatic carbocycles. The van der Waals surface area contributed by atoms with Crippen LogP contribution in [0.3, 0.4) is 0 Å². The highest BCUT2D eigenvalue weighted by atomic mass is 16.5. The Bertz CT molecular complexity index is 498. The summed E-state index contributed by atoms with van der Waals surface area (Å²) >= 11 is 0. The molecule has 0 saturated heterocycles. The van der Waals surface area contributed by atoms with Crippen molar-refractivity contribution in [1.29, 1.82) is 0 Å². The van der Waals surface area contributed by atoms with Crippen LogP contribution in [0.2, 0.25) is 0 Å². The number of ether oxygens (including phenoxy) is 2. The third-order valence-electron chi connectivity index (χ3n) is 3.00. The van der Waals surface area contributed by atoms with Crippen molar-refractivity contribution in [2.24, 2.45) is 0 Å². The van der Waals surface area contributed by atoms with Crippen LogP contribution in [0.25, 0.3) is 0 Å². The molecule has 0 spiro atoms. The van der Waals surface area contributed by atoms with Gasteiger partial charge in [0.2, 0.25) is 5.78 Å². The first-order chi connectivity index (χ1) is 9.10. The predicted molar refractivity (Wildman–Crippen MR) is 69.7 cm³/mol. The fraction of sp³-hybridized carbons (Fsp3) is 0.429. The van der Waals surface area contributed by atoms with Crippen LogP contribution in [0, 0.1) is 0 Å². The number of rotatable bonds is 5.